The molecule has 0 bridgehead atoms. The maximum Gasteiger partial charge on any atom is 0.415 e. The third-order valence-corrected chi connectivity index (χ3v) is 6.68. The summed E-state index contributed by atoms with van der Waals surface area (Å²) >= 11 is 1.65. The summed E-state index contributed by atoms with van der Waals surface area (Å²) in [5, 5.41) is 0. The van der Waals surface area contributed by atoms with Crippen LogP contribution in [-0.4, -0.2) is 36.1 Å². The molecule has 0 saturated carbocycles. The lowest BCUT2D eigenvalue weighted by atomic mass is 9.84. The Kier molecular flexibility index (Phi) is 6.96. The van der Waals surface area contributed by atoms with Crippen LogP contribution < -0.4 is 4.74 Å². The van der Waals surface area contributed by atoms with Crippen LogP contribution in [0.1, 0.15) is 21.5 Å². The van der Waals surface area contributed by atoms with Crippen LogP contribution in [0.25, 0.3) is 0 Å². The number of amides is 1. The number of aryl methyl sites for hydroxylation is 1. The lowest BCUT2D eigenvalue weighted by molar-refractivity contribution is 0.0898. The van der Waals surface area contributed by atoms with E-state index in [1.165, 1.54) is 11.1 Å². The van der Waals surface area contributed by atoms with Gasteiger partial charge in [0.25, 0.3) is 0 Å². The first-order chi connectivity index (χ1) is 15.5. The van der Waals surface area contributed by atoms with Gasteiger partial charge in [-0.1, -0.05) is 60.2 Å². The van der Waals surface area contributed by atoms with Crippen LogP contribution in [0.5, 0.6) is 5.75 Å². The minimum atomic E-state index is -0.404. The van der Waals surface area contributed by atoms with Crippen molar-refractivity contribution in [2.75, 3.05) is 19.3 Å². The van der Waals surface area contributed by atoms with E-state index in [2.05, 4.69) is 25.1 Å². The minimum Gasteiger partial charge on any atom is -0.410 e. The SMILES string of the molecule is CSc1ccc(C(=O)[C@@H]2CN(C(=O)Oc3ccccc3)C[C@H]2Cc2cccc(C)c2)cc1. The molecule has 1 heterocycles. The highest BCUT2D eigenvalue weighted by Crippen LogP contribution is 2.31. The molecule has 0 N–H and O–H groups in total. The van der Waals surface area contributed by atoms with E-state index < -0.39 is 6.09 Å². The van der Waals surface area contributed by atoms with E-state index in [0.29, 0.717) is 24.4 Å². The van der Waals surface area contributed by atoms with Crippen molar-refractivity contribution >= 4 is 23.6 Å². The molecule has 164 valence electrons. The van der Waals surface area contributed by atoms with Crippen molar-refractivity contribution in [1.82, 2.24) is 4.90 Å². The van der Waals surface area contributed by atoms with E-state index in [0.717, 1.165) is 11.3 Å². The average molecular weight is 446 g/mol. The number of nitrogens with zero attached hydrogens (tertiary/aromatic N) is 1. The fourth-order valence-corrected chi connectivity index (χ4v) is 4.70. The molecule has 2 atom stereocenters. The number of hydrogen-bond acceptors (Lipinski definition) is 4. The Morgan fingerprint density at radius 1 is 0.969 bits per heavy atom. The van der Waals surface area contributed by atoms with Crippen molar-refractivity contribution in [2.24, 2.45) is 11.8 Å². The summed E-state index contributed by atoms with van der Waals surface area (Å²) in [5.74, 6) is 0.368. The Hall–Kier alpha value is -3.05. The third kappa shape index (κ3) is 5.22. The Labute approximate surface area is 193 Å². The second kappa shape index (κ2) is 10.0. The van der Waals surface area contributed by atoms with Crippen LogP contribution in [0.2, 0.25) is 0 Å². The van der Waals surface area contributed by atoms with Crippen LogP contribution in [0, 0.1) is 18.8 Å². The van der Waals surface area contributed by atoms with Crippen molar-refractivity contribution in [3.8, 4) is 5.75 Å². The quantitative estimate of drug-likeness (QED) is 0.351. The van der Waals surface area contributed by atoms with Crippen molar-refractivity contribution in [3.63, 3.8) is 0 Å². The van der Waals surface area contributed by atoms with Gasteiger partial charge >= 0.3 is 6.09 Å². The number of rotatable bonds is 6. The molecule has 3 aromatic carbocycles. The monoisotopic (exact) mass is 445 g/mol. The van der Waals surface area contributed by atoms with E-state index in [4.69, 9.17) is 4.74 Å². The predicted octanol–water partition coefficient (Wildman–Crippen LogP) is 5.89. The molecule has 0 aliphatic carbocycles. The maximum atomic E-state index is 13.5. The second-order valence-electron chi connectivity index (χ2n) is 8.24. The first-order valence-corrected chi connectivity index (χ1v) is 12.0. The fraction of sp³-hybridized carbons (Fsp3) is 0.259. The molecule has 1 saturated heterocycles. The maximum absolute atomic E-state index is 13.5. The molecule has 32 heavy (non-hydrogen) atoms. The zero-order chi connectivity index (χ0) is 22.5. The summed E-state index contributed by atoms with van der Waals surface area (Å²) in [7, 11) is 0. The van der Waals surface area contributed by atoms with Gasteiger partial charge in [-0.15, -0.1) is 11.8 Å². The number of benzene rings is 3. The molecular weight excluding hydrogens is 418 g/mol. The molecule has 1 amide bonds. The highest BCUT2D eigenvalue weighted by atomic mass is 32.2. The Balaban J connectivity index is 1.55. The van der Waals surface area contributed by atoms with Crippen LogP contribution in [0.3, 0.4) is 0 Å². The first-order valence-electron chi connectivity index (χ1n) is 10.8. The van der Waals surface area contributed by atoms with E-state index in [9.17, 15) is 9.59 Å². The zero-order valence-electron chi connectivity index (χ0n) is 18.4. The van der Waals surface area contributed by atoms with Gasteiger partial charge in [0.15, 0.2) is 5.78 Å². The van der Waals surface area contributed by atoms with Gasteiger partial charge < -0.3 is 9.64 Å². The van der Waals surface area contributed by atoms with Crippen LogP contribution in [-0.2, 0) is 6.42 Å². The zero-order valence-corrected chi connectivity index (χ0v) is 19.2. The van der Waals surface area contributed by atoms with E-state index in [-0.39, 0.29) is 17.6 Å². The third-order valence-electron chi connectivity index (χ3n) is 5.94. The van der Waals surface area contributed by atoms with E-state index in [1.807, 2.05) is 54.8 Å². The first kappa shape index (κ1) is 22.2. The topological polar surface area (TPSA) is 46.6 Å². The number of para-hydroxylation sites is 1. The number of carbonyl (C=O) groups excluding carboxylic acids is 2. The van der Waals surface area contributed by atoms with Gasteiger partial charge in [0.2, 0.25) is 0 Å². The highest BCUT2D eigenvalue weighted by molar-refractivity contribution is 7.98. The van der Waals surface area contributed by atoms with Gasteiger partial charge in [-0.05, 0) is 55.3 Å². The van der Waals surface area contributed by atoms with Crippen molar-refractivity contribution < 1.29 is 14.3 Å². The van der Waals surface area contributed by atoms with Gasteiger partial charge in [-0.3, -0.25) is 4.79 Å². The number of hydrogen-bond donors (Lipinski definition) is 0. The average Bonchev–Trinajstić information content (AvgIpc) is 3.23. The van der Waals surface area contributed by atoms with Crippen LogP contribution in [0.15, 0.2) is 83.8 Å². The molecule has 1 aliphatic heterocycles. The second-order valence-corrected chi connectivity index (χ2v) is 9.12. The number of likely N-dealkylation sites (tertiary alicyclic amines) is 1. The van der Waals surface area contributed by atoms with Crippen molar-refractivity contribution in [1.29, 1.82) is 0 Å². The molecule has 0 aromatic heterocycles. The van der Waals surface area contributed by atoms with Gasteiger partial charge in [-0.25, -0.2) is 4.79 Å². The molecular formula is C27H27NO3S. The summed E-state index contributed by atoms with van der Waals surface area (Å²) in [6.45, 7) is 2.93. The summed E-state index contributed by atoms with van der Waals surface area (Å²) in [6.07, 6.45) is 2.36. The van der Waals surface area contributed by atoms with Gasteiger partial charge in [0.1, 0.15) is 5.75 Å². The Morgan fingerprint density at radius 3 is 2.41 bits per heavy atom. The predicted molar refractivity (Wildman–Crippen MR) is 128 cm³/mol. The molecule has 1 aliphatic rings. The molecule has 0 radical (unpaired) electrons. The van der Waals surface area contributed by atoms with Crippen molar-refractivity contribution in [2.45, 2.75) is 18.2 Å². The molecule has 5 heteroatoms. The van der Waals surface area contributed by atoms with Gasteiger partial charge in [0.05, 0.1) is 0 Å². The van der Waals surface area contributed by atoms with E-state index >= 15 is 0 Å². The number of thioether (sulfide) groups is 1. The standard InChI is InChI=1S/C27H27NO3S/c1-19-7-6-8-20(15-19)16-22-17-28(27(30)31-23-9-4-3-5-10-23)18-25(22)26(29)21-11-13-24(32-2)14-12-21/h3-15,22,25H,16-18H2,1-2H3/t22-,25-/m1/s1. The lowest BCUT2D eigenvalue weighted by Crippen LogP contribution is -2.32. The van der Waals surface area contributed by atoms with Crippen LogP contribution >= 0.6 is 11.8 Å². The molecule has 0 spiro atoms. The molecule has 4 nitrogen and oxygen atoms in total. The summed E-state index contributed by atoms with van der Waals surface area (Å²) in [4.78, 5) is 29.1. The van der Waals surface area contributed by atoms with Crippen molar-refractivity contribution in [3.05, 3.63) is 95.6 Å². The lowest BCUT2D eigenvalue weighted by Gasteiger charge is -2.17. The Bertz CT molecular complexity index is 1080. The molecule has 4 rings (SSSR count). The van der Waals surface area contributed by atoms with Crippen LogP contribution in [0.4, 0.5) is 4.79 Å². The smallest absolute Gasteiger partial charge is 0.410 e. The molecule has 3 aromatic rings. The molecule has 1 fully saturated rings. The number of ketones is 1. The molecule has 0 unspecified atom stereocenters. The summed E-state index contributed by atoms with van der Waals surface area (Å²) in [6, 6.07) is 25.1. The minimum absolute atomic E-state index is 0.0350. The number of Topliss-reactive ketones (excluding diaryl/α,β-unsaturated/α-hetero) is 1. The highest BCUT2D eigenvalue weighted by Gasteiger charge is 2.40. The number of ether oxygens (including phenoxy) is 1. The summed E-state index contributed by atoms with van der Waals surface area (Å²) in [5.41, 5.74) is 3.07. The summed E-state index contributed by atoms with van der Waals surface area (Å²) < 4.78 is 5.55. The fourth-order valence-electron chi connectivity index (χ4n) is 4.29. The van der Waals surface area contributed by atoms with Gasteiger partial charge in [-0.2, -0.15) is 0 Å². The largest absolute Gasteiger partial charge is 0.415 e. The normalized spacial score (nSPS) is 17.9. The van der Waals surface area contributed by atoms with Gasteiger partial charge in [0, 0.05) is 29.5 Å². The van der Waals surface area contributed by atoms with E-state index in [1.54, 1.807) is 28.8 Å². The Morgan fingerprint density at radius 2 is 1.72 bits per heavy atom. The number of carbonyl (C=O) groups is 2.